The molecule has 1 rings (SSSR count). The lowest BCUT2D eigenvalue weighted by molar-refractivity contribution is -0.128. The second kappa shape index (κ2) is 2.28. The second-order valence-corrected chi connectivity index (χ2v) is 3.98. The molecule has 4 nitrogen and oxygen atoms in total. The highest BCUT2D eigenvalue weighted by molar-refractivity contribution is 9.13. The van der Waals surface area contributed by atoms with E-state index in [0.29, 0.717) is 0 Å². The summed E-state index contributed by atoms with van der Waals surface area (Å²) in [6.07, 6.45) is 0. The van der Waals surface area contributed by atoms with E-state index in [1.54, 1.807) is 0 Å². The molecule has 1 heterocycles. The van der Waals surface area contributed by atoms with Crippen molar-refractivity contribution in [2.75, 3.05) is 0 Å². The maximum atomic E-state index is 10.7. The fourth-order valence-corrected chi connectivity index (χ4v) is 1.18. The van der Waals surface area contributed by atoms with E-state index in [2.05, 4.69) is 31.9 Å². The summed E-state index contributed by atoms with van der Waals surface area (Å²) in [5, 5.41) is 11.1. The van der Waals surface area contributed by atoms with Crippen molar-refractivity contribution in [2.24, 2.45) is 0 Å². The molecule has 1 fully saturated rings. The Morgan fingerprint density at radius 2 is 2.10 bits per heavy atom. The van der Waals surface area contributed by atoms with Gasteiger partial charge >= 0.3 is 0 Å². The summed E-state index contributed by atoms with van der Waals surface area (Å²) < 4.78 is -1.79. The van der Waals surface area contributed by atoms with Gasteiger partial charge in [-0.1, -0.05) is 15.9 Å². The van der Waals surface area contributed by atoms with Gasteiger partial charge in [0.15, 0.2) is 0 Å². The predicted molar refractivity (Wildman–Crippen MR) is 39.7 cm³/mol. The summed E-state index contributed by atoms with van der Waals surface area (Å²) in [6, 6.07) is 0. The van der Waals surface area contributed by atoms with Gasteiger partial charge in [-0.3, -0.25) is 14.9 Å². The van der Waals surface area contributed by atoms with Crippen molar-refractivity contribution in [1.29, 1.82) is 0 Å². The smallest absolute Gasteiger partial charge is 0.271 e. The first-order valence-corrected chi connectivity index (χ1v) is 4.08. The van der Waals surface area contributed by atoms with Gasteiger partial charge in [0.05, 0.1) is 0 Å². The van der Waals surface area contributed by atoms with Gasteiger partial charge in [-0.25, -0.2) is 0 Å². The van der Waals surface area contributed by atoms with Crippen molar-refractivity contribution in [3.05, 3.63) is 0 Å². The molecule has 0 aromatic rings. The first-order chi connectivity index (χ1) is 4.46. The molecule has 0 aliphatic carbocycles. The fraction of sp³-hybridized carbons (Fsp3) is 0.500. The zero-order chi connectivity index (χ0) is 7.94. The molecule has 0 spiro atoms. The van der Waals surface area contributed by atoms with E-state index < -0.39 is 21.2 Å². The SMILES string of the molecule is O=C1NC(=O)C(O)(Br)C1Br. The van der Waals surface area contributed by atoms with E-state index in [-0.39, 0.29) is 0 Å². The molecule has 0 bridgehead atoms. The van der Waals surface area contributed by atoms with Crippen LogP contribution in [-0.4, -0.2) is 26.3 Å². The first kappa shape index (κ1) is 8.16. The second-order valence-electron chi connectivity index (χ2n) is 1.85. The van der Waals surface area contributed by atoms with Crippen LogP contribution < -0.4 is 5.32 Å². The van der Waals surface area contributed by atoms with E-state index in [0.717, 1.165) is 0 Å². The molecular formula is C4H3Br2NO3. The number of hydrogen-bond donors (Lipinski definition) is 2. The number of carbonyl (C=O) groups excluding carboxylic acids is 2. The number of hydrogen-bond acceptors (Lipinski definition) is 3. The average Bonchev–Trinajstić information content (AvgIpc) is 1.97. The lowest BCUT2D eigenvalue weighted by Crippen LogP contribution is -2.36. The van der Waals surface area contributed by atoms with Gasteiger partial charge in [0.1, 0.15) is 4.83 Å². The van der Waals surface area contributed by atoms with Crippen molar-refractivity contribution < 1.29 is 14.7 Å². The number of carbonyl (C=O) groups is 2. The molecule has 0 radical (unpaired) electrons. The van der Waals surface area contributed by atoms with Crippen molar-refractivity contribution in [3.8, 4) is 0 Å². The van der Waals surface area contributed by atoms with Gasteiger partial charge in [-0.2, -0.15) is 0 Å². The largest absolute Gasteiger partial charge is 0.369 e. The Balaban J connectivity index is 2.96. The molecule has 0 aromatic heterocycles. The molecule has 2 unspecified atom stereocenters. The van der Waals surface area contributed by atoms with Crippen molar-refractivity contribution in [2.45, 2.75) is 9.34 Å². The van der Waals surface area contributed by atoms with Crippen LogP contribution in [0.5, 0.6) is 0 Å². The van der Waals surface area contributed by atoms with E-state index >= 15 is 0 Å². The topological polar surface area (TPSA) is 66.4 Å². The molecule has 1 aliphatic rings. The zero-order valence-electron chi connectivity index (χ0n) is 4.60. The highest BCUT2D eigenvalue weighted by Gasteiger charge is 2.51. The Bertz CT molecular complexity index is 203. The lowest BCUT2D eigenvalue weighted by Gasteiger charge is -2.11. The predicted octanol–water partition coefficient (Wildman–Crippen LogP) is -0.510. The number of halogens is 2. The molecule has 6 heteroatoms. The van der Waals surface area contributed by atoms with E-state index in [9.17, 15) is 9.59 Å². The monoisotopic (exact) mass is 271 g/mol. The summed E-state index contributed by atoms with van der Waals surface area (Å²) in [4.78, 5) is 20.4. The molecular weight excluding hydrogens is 270 g/mol. The van der Waals surface area contributed by atoms with Gasteiger partial charge in [-0.15, -0.1) is 0 Å². The van der Waals surface area contributed by atoms with Crippen molar-refractivity contribution >= 4 is 43.7 Å². The zero-order valence-corrected chi connectivity index (χ0v) is 7.77. The van der Waals surface area contributed by atoms with Crippen LogP contribution in [0.1, 0.15) is 0 Å². The van der Waals surface area contributed by atoms with E-state index in [4.69, 9.17) is 5.11 Å². The molecule has 10 heavy (non-hydrogen) atoms. The Morgan fingerprint density at radius 1 is 1.60 bits per heavy atom. The van der Waals surface area contributed by atoms with Crippen LogP contribution in [0, 0.1) is 0 Å². The summed E-state index contributed by atoms with van der Waals surface area (Å²) in [5.41, 5.74) is 0. The molecule has 2 N–H and O–H groups in total. The van der Waals surface area contributed by atoms with Crippen LogP contribution in [0.25, 0.3) is 0 Å². The number of imide groups is 1. The van der Waals surface area contributed by atoms with Gasteiger partial charge in [0.25, 0.3) is 5.91 Å². The minimum atomic E-state index is -1.79. The number of nitrogens with one attached hydrogen (secondary N) is 1. The normalized spacial score (nSPS) is 40.1. The minimum absolute atomic E-state index is 0.538. The molecule has 1 aliphatic heterocycles. The average molecular weight is 273 g/mol. The van der Waals surface area contributed by atoms with Gasteiger partial charge in [0, 0.05) is 0 Å². The van der Waals surface area contributed by atoms with Crippen LogP contribution in [0.2, 0.25) is 0 Å². The minimum Gasteiger partial charge on any atom is -0.369 e. The number of rotatable bonds is 0. The van der Waals surface area contributed by atoms with E-state index in [1.807, 2.05) is 5.32 Å². The summed E-state index contributed by atoms with van der Waals surface area (Å²) in [6.45, 7) is 0. The highest BCUT2D eigenvalue weighted by atomic mass is 79.9. The molecule has 2 atom stereocenters. The third-order valence-corrected chi connectivity index (χ3v) is 3.63. The fourth-order valence-electron chi connectivity index (χ4n) is 0.552. The van der Waals surface area contributed by atoms with Crippen LogP contribution in [-0.2, 0) is 9.59 Å². The summed E-state index contributed by atoms with van der Waals surface area (Å²) >= 11 is 5.53. The number of amides is 2. The Labute approximate surface area is 73.2 Å². The van der Waals surface area contributed by atoms with E-state index in [1.165, 1.54) is 0 Å². The first-order valence-electron chi connectivity index (χ1n) is 2.37. The maximum Gasteiger partial charge on any atom is 0.271 e. The van der Waals surface area contributed by atoms with Crippen LogP contribution in [0.3, 0.4) is 0 Å². The van der Waals surface area contributed by atoms with Gasteiger partial charge in [0.2, 0.25) is 10.4 Å². The number of alkyl halides is 2. The quantitative estimate of drug-likeness (QED) is 0.461. The summed E-state index contributed by atoms with van der Waals surface area (Å²) in [5.74, 6) is -1.27. The third kappa shape index (κ3) is 0.998. The molecule has 1 saturated heterocycles. The van der Waals surface area contributed by atoms with Gasteiger partial charge in [-0.05, 0) is 15.9 Å². The van der Waals surface area contributed by atoms with Crippen LogP contribution in [0.4, 0.5) is 0 Å². The maximum absolute atomic E-state index is 10.7. The van der Waals surface area contributed by atoms with Crippen molar-refractivity contribution in [3.63, 3.8) is 0 Å². The third-order valence-electron chi connectivity index (χ3n) is 1.12. The Morgan fingerprint density at radius 3 is 2.20 bits per heavy atom. The molecule has 0 aromatic carbocycles. The lowest BCUT2D eigenvalue weighted by atomic mass is 10.3. The summed E-state index contributed by atoms with van der Waals surface area (Å²) in [7, 11) is 0. The standard InChI is InChI=1S/C4H3Br2NO3/c5-1-2(8)7-3(9)4(1,6)10/h1,10H,(H,7,8,9). The van der Waals surface area contributed by atoms with Crippen LogP contribution >= 0.6 is 31.9 Å². The Hall–Kier alpha value is 0.0600. The van der Waals surface area contributed by atoms with Gasteiger partial charge < -0.3 is 5.11 Å². The van der Waals surface area contributed by atoms with Crippen molar-refractivity contribution in [1.82, 2.24) is 5.32 Å². The molecule has 56 valence electrons. The molecule has 2 amide bonds. The Kier molecular flexibility index (Phi) is 1.86. The van der Waals surface area contributed by atoms with Crippen LogP contribution in [0.15, 0.2) is 0 Å². The molecule has 0 saturated carbocycles. The highest BCUT2D eigenvalue weighted by Crippen LogP contribution is 2.29. The number of aliphatic hydroxyl groups is 1.